The molecular formula is C18H14FN3O2S. The quantitative estimate of drug-likeness (QED) is 0.524. The summed E-state index contributed by atoms with van der Waals surface area (Å²) >= 11 is 1.37. The van der Waals surface area contributed by atoms with Gasteiger partial charge in [-0.15, -0.1) is 16.8 Å². The lowest BCUT2D eigenvalue weighted by Gasteiger charge is -2.08. The first-order chi connectivity index (χ1) is 12.2. The SMILES string of the molecule is C=CCSc1nnc(-c2ccccc2NC(=O)c2ccc(F)cc2)o1. The number of thioether (sulfide) groups is 1. The topological polar surface area (TPSA) is 68.0 Å². The van der Waals surface area contributed by atoms with E-state index in [1.807, 2.05) is 6.07 Å². The Morgan fingerprint density at radius 2 is 1.96 bits per heavy atom. The van der Waals surface area contributed by atoms with Gasteiger partial charge in [0.25, 0.3) is 17.0 Å². The molecule has 0 spiro atoms. The number of carbonyl (C=O) groups is 1. The second kappa shape index (κ2) is 7.76. The molecule has 3 aromatic rings. The van der Waals surface area contributed by atoms with Gasteiger partial charge in [0.1, 0.15) is 5.82 Å². The summed E-state index contributed by atoms with van der Waals surface area (Å²) in [4.78, 5) is 12.3. The van der Waals surface area contributed by atoms with Gasteiger partial charge in [0.15, 0.2) is 0 Å². The second-order valence-corrected chi connectivity index (χ2v) is 5.95. The lowest BCUT2D eigenvalue weighted by Crippen LogP contribution is -2.12. The molecule has 0 aliphatic heterocycles. The van der Waals surface area contributed by atoms with E-state index in [4.69, 9.17) is 4.42 Å². The minimum absolute atomic E-state index is 0.307. The Hall–Kier alpha value is -2.93. The molecule has 1 heterocycles. The van der Waals surface area contributed by atoms with Gasteiger partial charge in [-0.2, -0.15) is 0 Å². The van der Waals surface area contributed by atoms with Crippen LogP contribution in [0.2, 0.25) is 0 Å². The Kier molecular flexibility index (Phi) is 5.25. The van der Waals surface area contributed by atoms with Crippen LogP contribution < -0.4 is 5.32 Å². The first kappa shape index (κ1) is 16.9. The predicted molar refractivity (Wildman–Crippen MR) is 95.0 cm³/mol. The van der Waals surface area contributed by atoms with Crippen LogP contribution in [0, 0.1) is 5.82 Å². The molecule has 0 atom stereocenters. The highest BCUT2D eigenvalue weighted by Gasteiger charge is 2.15. The number of hydrogen-bond donors (Lipinski definition) is 1. The zero-order chi connectivity index (χ0) is 17.6. The van der Waals surface area contributed by atoms with E-state index in [2.05, 4.69) is 22.1 Å². The fourth-order valence-electron chi connectivity index (χ4n) is 2.08. The largest absolute Gasteiger partial charge is 0.411 e. The number of para-hydroxylation sites is 1. The minimum atomic E-state index is -0.396. The Morgan fingerprint density at radius 3 is 2.72 bits per heavy atom. The van der Waals surface area contributed by atoms with Gasteiger partial charge in [-0.3, -0.25) is 4.79 Å². The van der Waals surface area contributed by atoms with Crippen LogP contribution in [-0.2, 0) is 0 Å². The predicted octanol–water partition coefficient (Wildman–Crippen LogP) is 4.41. The average molecular weight is 355 g/mol. The van der Waals surface area contributed by atoms with E-state index in [1.165, 1.54) is 36.0 Å². The van der Waals surface area contributed by atoms with Crippen molar-refractivity contribution in [3.63, 3.8) is 0 Å². The Balaban J connectivity index is 1.83. The highest BCUT2D eigenvalue weighted by Crippen LogP contribution is 2.29. The maximum absolute atomic E-state index is 13.0. The smallest absolute Gasteiger partial charge is 0.277 e. The number of nitrogens with one attached hydrogen (secondary N) is 1. The molecular weight excluding hydrogens is 341 g/mol. The number of rotatable bonds is 6. The highest BCUT2D eigenvalue weighted by atomic mass is 32.2. The summed E-state index contributed by atoms with van der Waals surface area (Å²) in [5, 5.41) is 11.2. The number of halogens is 1. The molecule has 7 heteroatoms. The van der Waals surface area contributed by atoms with E-state index in [9.17, 15) is 9.18 Å². The highest BCUT2D eigenvalue weighted by molar-refractivity contribution is 7.99. The molecule has 1 aromatic heterocycles. The van der Waals surface area contributed by atoms with Crippen LogP contribution in [-0.4, -0.2) is 21.9 Å². The van der Waals surface area contributed by atoms with Crippen molar-refractivity contribution in [3.05, 3.63) is 72.6 Å². The van der Waals surface area contributed by atoms with Gasteiger partial charge in [0, 0.05) is 11.3 Å². The zero-order valence-corrected chi connectivity index (χ0v) is 13.9. The molecule has 0 saturated heterocycles. The summed E-state index contributed by atoms with van der Waals surface area (Å²) < 4.78 is 18.6. The number of nitrogens with zero attached hydrogens (tertiary/aromatic N) is 2. The van der Waals surface area contributed by atoms with Gasteiger partial charge >= 0.3 is 0 Å². The normalized spacial score (nSPS) is 10.4. The van der Waals surface area contributed by atoms with E-state index >= 15 is 0 Å². The average Bonchev–Trinajstić information content (AvgIpc) is 3.09. The summed E-state index contributed by atoms with van der Waals surface area (Å²) in [5.41, 5.74) is 1.49. The molecule has 126 valence electrons. The summed E-state index contributed by atoms with van der Waals surface area (Å²) in [6, 6.07) is 12.4. The summed E-state index contributed by atoms with van der Waals surface area (Å²) in [6.07, 6.45) is 1.74. The standard InChI is InChI=1S/C18H14FN3O2S/c1-2-11-25-18-22-21-17(24-18)14-5-3-4-6-15(14)20-16(23)12-7-9-13(19)10-8-12/h2-10H,1,11H2,(H,20,23). The van der Waals surface area contributed by atoms with Gasteiger partial charge < -0.3 is 9.73 Å². The number of hydrogen-bond acceptors (Lipinski definition) is 5. The molecule has 0 bridgehead atoms. The van der Waals surface area contributed by atoms with Crippen LogP contribution in [0.4, 0.5) is 10.1 Å². The van der Waals surface area contributed by atoms with Crippen LogP contribution in [0.5, 0.6) is 0 Å². The first-order valence-corrected chi connectivity index (χ1v) is 8.39. The maximum atomic E-state index is 13.0. The Bertz CT molecular complexity index is 893. The van der Waals surface area contributed by atoms with Crippen molar-refractivity contribution in [1.29, 1.82) is 0 Å². The zero-order valence-electron chi connectivity index (χ0n) is 13.1. The van der Waals surface area contributed by atoms with Gasteiger partial charge in [-0.25, -0.2) is 4.39 Å². The molecule has 25 heavy (non-hydrogen) atoms. The Morgan fingerprint density at radius 1 is 1.20 bits per heavy atom. The van der Waals surface area contributed by atoms with Crippen LogP contribution in [0.15, 0.2) is 70.8 Å². The van der Waals surface area contributed by atoms with Crippen molar-refractivity contribution in [3.8, 4) is 11.5 Å². The van der Waals surface area contributed by atoms with Crippen molar-refractivity contribution in [1.82, 2.24) is 10.2 Å². The third kappa shape index (κ3) is 4.13. The summed E-state index contributed by atoms with van der Waals surface area (Å²) in [5.74, 6) is 0.215. The monoisotopic (exact) mass is 355 g/mol. The van der Waals surface area contributed by atoms with Crippen LogP contribution in [0.3, 0.4) is 0 Å². The van der Waals surface area contributed by atoms with Crippen LogP contribution in [0.25, 0.3) is 11.5 Å². The summed E-state index contributed by atoms with van der Waals surface area (Å²) in [6.45, 7) is 3.64. The number of benzene rings is 2. The number of aromatic nitrogens is 2. The molecule has 0 saturated carbocycles. The van der Waals surface area contributed by atoms with Crippen molar-refractivity contribution in [2.75, 3.05) is 11.1 Å². The van der Waals surface area contributed by atoms with E-state index < -0.39 is 5.82 Å². The molecule has 0 radical (unpaired) electrons. The summed E-state index contributed by atoms with van der Waals surface area (Å²) in [7, 11) is 0. The molecule has 1 amide bonds. The molecule has 0 aliphatic rings. The number of anilines is 1. The Labute approximate surface area is 148 Å². The molecule has 1 N–H and O–H groups in total. The van der Waals surface area contributed by atoms with Gasteiger partial charge in [0.2, 0.25) is 0 Å². The van der Waals surface area contributed by atoms with E-state index in [1.54, 1.807) is 24.3 Å². The first-order valence-electron chi connectivity index (χ1n) is 7.41. The minimum Gasteiger partial charge on any atom is -0.411 e. The van der Waals surface area contributed by atoms with E-state index in [0.717, 1.165) is 0 Å². The van der Waals surface area contributed by atoms with Gasteiger partial charge in [-0.05, 0) is 36.4 Å². The lowest BCUT2D eigenvalue weighted by atomic mass is 10.1. The molecule has 0 fully saturated rings. The lowest BCUT2D eigenvalue weighted by molar-refractivity contribution is 0.102. The van der Waals surface area contributed by atoms with Crippen molar-refractivity contribution < 1.29 is 13.6 Å². The van der Waals surface area contributed by atoms with Crippen molar-refractivity contribution in [2.24, 2.45) is 0 Å². The molecule has 0 aliphatic carbocycles. The molecule has 5 nitrogen and oxygen atoms in total. The molecule has 0 unspecified atom stereocenters. The van der Waals surface area contributed by atoms with Crippen LogP contribution in [0.1, 0.15) is 10.4 Å². The fraction of sp³-hybridized carbons (Fsp3) is 0.0556. The third-order valence-corrected chi connectivity index (χ3v) is 4.06. The van der Waals surface area contributed by atoms with E-state index in [-0.39, 0.29) is 5.91 Å². The second-order valence-electron chi connectivity index (χ2n) is 4.98. The van der Waals surface area contributed by atoms with Gasteiger partial charge in [0.05, 0.1) is 11.3 Å². The number of amides is 1. The maximum Gasteiger partial charge on any atom is 0.277 e. The molecule has 3 rings (SSSR count). The van der Waals surface area contributed by atoms with Gasteiger partial charge in [-0.1, -0.05) is 30.0 Å². The van der Waals surface area contributed by atoms with Crippen molar-refractivity contribution in [2.45, 2.75) is 5.22 Å². The van der Waals surface area contributed by atoms with Crippen LogP contribution >= 0.6 is 11.8 Å². The third-order valence-electron chi connectivity index (χ3n) is 3.24. The number of carbonyl (C=O) groups excluding carboxylic acids is 1. The fourth-order valence-corrected chi connectivity index (χ4v) is 2.58. The van der Waals surface area contributed by atoms with Crippen molar-refractivity contribution >= 4 is 23.4 Å². The van der Waals surface area contributed by atoms with E-state index in [0.29, 0.717) is 33.7 Å². The molecule has 2 aromatic carbocycles.